The number of hydrogen-bond acceptors (Lipinski definition) is 5. The van der Waals surface area contributed by atoms with Gasteiger partial charge in [-0.05, 0) is 48.9 Å². The first-order valence-electron chi connectivity index (χ1n) is 10.2. The summed E-state index contributed by atoms with van der Waals surface area (Å²) in [7, 11) is 0. The summed E-state index contributed by atoms with van der Waals surface area (Å²) in [6.07, 6.45) is 4.47. The van der Waals surface area contributed by atoms with Crippen LogP contribution in [0.15, 0.2) is 61.1 Å². The topological polar surface area (TPSA) is 64.9 Å². The minimum absolute atomic E-state index is 0.289. The van der Waals surface area contributed by atoms with Crippen molar-refractivity contribution in [2.24, 2.45) is 0 Å². The fraction of sp³-hybridized carbons (Fsp3) is 0.261. The van der Waals surface area contributed by atoms with Crippen molar-refractivity contribution < 1.29 is 13.5 Å². The van der Waals surface area contributed by atoms with Crippen molar-refractivity contribution in [3.05, 3.63) is 78.1 Å². The van der Waals surface area contributed by atoms with E-state index >= 15 is 0 Å². The number of rotatable bonds is 5. The maximum Gasteiger partial charge on any atom is 0.214 e. The van der Waals surface area contributed by atoms with Crippen LogP contribution in [0.25, 0.3) is 16.6 Å². The van der Waals surface area contributed by atoms with Crippen LogP contribution in [0.5, 0.6) is 5.88 Å². The molecule has 1 saturated heterocycles. The van der Waals surface area contributed by atoms with Gasteiger partial charge >= 0.3 is 0 Å². The van der Waals surface area contributed by atoms with Crippen molar-refractivity contribution in [1.82, 2.24) is 25.1 Å². The van der Waals surface area contributed by atoms with Gasteiger partial charge in [-0.3, -0.25) is 4.98 Å². The minimum atomic E-state index is -1.06. The van der Waals surface area contributed by atoms with Crippen LogP contribution in [0.3, 0.4) is 0 Å². The molecule has 0 unspecified atom stereocenters. The lowest BCUT2D eigenvalue weighted by Gasteiger charge is -2.26. The average Bonchev–Trinajstić information content (AvgIpc) is 3.32. The van der Waals surface area contributed by atoms with Gasteiger partial charge in [0.1, 0.15) is 18.1 Å². The fourth-order valence-corrected chi connectivity index (χ4v) is 3.72. The van der Waals surface area contributed by atoms with Crippen molar-refractivity contribution in [2.75, 3.05) is 13.1 Å². The molecule has 158 valence electrons. The lowest BCUT2D eigenvalue weighted by Crippen LogP contribution is -2.44. The van der Waals surface area contributed by atoms with Crippen LogP contribution >= 0.6 is 0 Å². The Bertz CT molecular complexity index is 1200. The molecule has 1 aliphatic heterocycles. The van der Waals surface area contributed by atoms with Crippen LogP contribution in [0.1, 0.15) is 17.7 Å². The molecular formula is C23H21F2N5O. The van der Waals surface area contributed by atoms with Crippen molar-refractivity contribution in [2.45, 2.75) is 25.1 Å². The number of benzene rings is 1. The van der Waals surface area contributed by atoms with Crippen molar-refractivity contribution >= 4 is 10.9 Å². The first kappa shape index (κ1) is 19.6. The number of hydrogen-bond donors (Lipinski definition) is 1. The van der Waals surface area contributed by atoms with E-state index in [1.165, 1.54) is 6.07 Å². The lowest BCUT2D eigenvalue weighted by molar-refractivity contribution is 0.0696. The van der Waals surface area contributed by atoms with Gasteiger partial charge in [-0.2, -0.15) is 5.10 Å². The van der Waals surface area contributed by atoms with Gasteiger partial charge in [-0.1, -0.05) is 6.07 Å². The van der Waals surface area contributed by atoms with E-state index in [1.54, 1.807) is 41.5 Å². The zero-order valence-corrected chi connectivity index (χ0v) is 16.7. The molecule has 4 heterocycles. The Kier molecular flexibility index (Phi) is 5.30. The number of fused-ring (bicyclic) bond motifs is 1. The standard InChI is InChI=1S/C23H21F2N5O/c24-19-12-18(30-9-1-7-28-30)4-2-15(19)10-17-11-21-16(13-27-17)3-5-23(29-21)31-22-6-8-26-14-20(22)25/h1-5,7,9,11-13,20,22,26H,6,8,10,14H2/t20-,22+/m0/s1. The lowest BCUT2D eigenvalue weighted by atomic mass is 10.1. The molecule has 6 nitrogen and oxygen atoms in total. The van der Waals surface area contributed by atoms with Gasteiger partial charge in [0, 0.05) is 48.7 Å². The molecule has 31 heavy (non-hydrogen) atoms. The molecule has 3 aromatic heterocycles. The average molecular weight is 421 g/mol. The molecule has 1 N–H and O–H groups in total. The zero-order valence-electron chi connectivity index (χ0n) is 16.7. The Morgan fingerprint density at radius 3 is 2.94 bits per heavy atom. The highest BCUT2D eigenvalue weighted by Gasteiger charge is 2.26. The number of piperidine rings is 1. The van der Waals surface area contributed by atoms with E-state index in [-0.39, 0.29) is 12.4 Å². The predicted octanol–water partition coefficient (Wildman–Crippen LogP) is 3.62. The van der Waals surface area contributed by atoms with Crippen LogP contribution in [0, 0.1) is 5.82 Å². The predicted molar refractivity (Wildman–Crippen MR) is 113 cm³/mol. The van der Waals surface area contributed by atoms with Crippen LogP contribution in [0.4, 0.5) is 8.78 Å². The molecule has 1 fully saturated rings. The van der Waals surface area contributed by atoms with Gasteiger partial charge in [-0.25, -0.2) is 18.4 Å². The van der Waals surface area contributed by atoms with Gasteiger partial charge in [0.25, 0.3) is 0 Å². The first-order valence-corrected chi connectivity index (χ1v) is 10.2. The summed E-state index contributed by atoms with van der Waals surface area (Å²) in [4.78, 5) is 8.96. The van der Waals surface area contributed by atoms with E-state index in [9.17, 15) is 8.78 Å². The van der Waals surface area contributed by atoms with E-state index in [0.29, 0.717) is 41.2 Å². The van der Waals surface area contributed by atoms with Crippen molar-refractivity contribution in [3.63, 3.8) is 0 Å². The molecule has 1 aromatic carbocycles. The molecule has 0 bridgehead atoms. The van der Waals surface area contributed by atoms with E-state index in [4.69, 9.17) is 4.74 Å². The Balaban J connectivity index is 1.36. The largest absolute Gasteiger partial charge is 0.471 e. The number of aromatic nitrogens is 4. The molecule has 4 aromatic rings. The summed E-state index contributed by atoms with van der Waals surface area (Å²) < 4.78 is 36.1. The Labute approximate surface area is 177 Å². The zero-order chi connectivity index (χ0) is 21.2. The Morgan fingerprint density at radius 2 is 2.13 bits per heavy atom. The van der Waals surface area contributed by atoms with E-state index in [2.05, 4.69) is 20.4 Å². The van der Waals surface area contributed by atoms with Crippen LogP contribution in [0.2, 0.25) is 0 Å². The maximum atomic E-state index is 14.7. The number of halogens is 2. The fourth-order valence-electron chi connectivity index (χ4n) is 3.72. The quantitative estimate of drug-likeness (QED) is 0.533. The molecule has 0 saturated carbocycles. The summed E-state index contributed by atoms with van der Waals surface area (Å²) >= 11 is 0. The molecule has 2 atom stereocenters. The molecule has 5 rings (SSSR count). The van der Waals surface area contributed by atoms with Gasteiger partial charge in [0.15, 0.2) is 0 Å². The van der Waals surface area contributed by atoms with Gasteiger partial charge in [-0.15, -0.1) is 0 Å². The highest BCUT2D eigenvalue weighted by atomic mass is 19.1. The third kappa shape index (κ3) is 4.25. The van der Waals surface area contributed by atoms with E-state index in [0.717, 1.165) is 11.9 Å². The third-order valence-corrected chi connectivity index (χ3v) is 5.40. The van der Waals surface area contributed by atoms with Crippen molar-refractivity contribution in [1.29, 1.82) is 0 Å². The highest BCUT2D eigenvalue weighted by Crippen LogP contribution is 2.22. The van der Waals surface area contributed by atoms with Gasteiger partial charge in [0.2, 0.25) is 5.88 Å². The van der Waals surface area contributed by atoms with Crippen molar-refractivity contribution in [3.8, 4) is 11.6 Å². The van der Waals surface area contributed by atoms with Crippen LogP contribution in [-0.2, 0) is 6.42 Å². The summed E-state index contributed by atoms with van der Waals surface area (Å²) in [5, 5.41) is 7.97. The van der Waals surface area contributed by atoms with E-state index < -0.39 is 12.3 Å². The normalized spacial score (nSPS) is 18.9. The molecule has 8 heteroatoms. The second-order valence-electron chi connectivity index (χ2n) is 7.59. The second-order valence-corrected chi connectivity index (χ2v) is 7.59. The van der Waals surface area contributed by atoms with Gasteiger partial charge in [0.05, 0.1) is 11.2 Å². The van der Waals surface area contributed by atoms with Gasteiger partial charge < -0.3 is 10.1 Å². The second kappa shape index (κ2) is 8.39. The minimum Gasteiger partial charge on any atom is -0.471 e. The number of nitrogens with one attached hydrogen (secondary N) is 1. The van der Waals surface area contributed by atoms with Crippen LogP contribution in [-0.4, -0.2) is 45.1 Å². The molecule has 0 aliphatic carbocycles. The Morgan fingerprint density at radius 1 is 1.19 bits per heavy atom. The van der Waals surface area contributed by atoms with E-state index in [1.807, 2.05) is 18.2 Å². The number of pyridine rings is 2. The summed E-state index contributed by atoms with van der Waals surface area (Å²) in [6, 6.07) is 12.2. The summed E-state index contributed by atoms with van der Waals surface area (Å²) in [6.45, 7) is 1.01. The van der Waals surface area contributed by atoms with Crippen LogP contribution < -0.4 is 10.1 Å². The smallest absolute Gasteiger partial charge is 0.214 e. The number of alkyl halides is 1. The Hall–Kier alpha value is -3.39. The molecule has 0 amide bonds. The molecule has 0 spiro atoms. The number of nitrogens with zero attached hydrogens (tertiary/aromatic N) is 4. The molecular weight excluding hydrogens is 400 g/mol. The summed E-state index contributed by atoms with van der Waals surface area (Å²) in [5.74, 6) is 0.0637. The monoisotopic (exact) mass is 421 g/mol. The molecule has 1 aliphatic rings. The SMILES string of the molecule is Fc1cc(-n2cccn2)ccc1Cc1cc2nc(O[C@@H]3CCNC[C@@H]3F)ccc2cn1. The number of ether oxygens (including phenoxy) is 1. The third-order valence-electron chi connectivity index (χ3n) is 5.40. The summed E-state index contributed by atoms with van der Waals surface area (Å²) in [5.41, 5.74) is 2.56. The maximum absolute atomic E-state index is 14.7. The molecule has 0 radical (unpaired) electrons. The highest BCUT2D eigenvalue weighted by molar-refractivity contribution is 5.78. The first-order chi connectivity index (χ1) is 15.2.